The van der Waals surface area contributed by atoms with Crippen LogP contribution in [-0.2, 0) is 14.3 Å². The fourth-order valence-electron chi connectivity index (χ4n) is 4.97. The van der Waals surface area contributed by atoms with Crippen LogP contribution in [0.3, 0.4) is 0 Å². The van der Waals surface area contributed by atoms with Gasteiger partial charge in [0.05, 0.1) is 18.2 Å². The Balaban J connectivity index is 1.58. The number of piperazine rings is 1. The average molecular weight is 483 g/mol. The van der Waals surface area contributed by atoms with E-state index >= 15 is 0 Å². The van der Waals surface area contributed by atoms with Crippen molar-refractivity contribution < 1.29 is 19.1 Å². The van der Waals surface area contributed by atoms with Crippen LogP contribution in [0.15, 0.2) is 35.5 Å². The summed E-state index contributed by atoms with van der Waals surface area (Å²) in [6.07, 6.45) is 3.17. The molecule has 35 heavy (non-hydrogen) atoms. The van der Waals surface area contributed by atoms with Crippen molar-refractivity contribution >= 4 is 17.9 Å². The Morgan fingerprint density at radius 1 is 1.09 bits per heavy atom. The Hall–Kier alpha value is -2.87. The van der Waals surface area contributed by atoms with Gasteiger partial charge in [0.1, 0.15) is 0 Å². The van der Waals surface area contributed by atoms with Crippen molar-refractivity contribution in [2.45, 2.75) is 52.0 Å². The van der Waals surface area contributed by atoms with Gasteiger partial charge in [0.15, 0.2) is 0 Å². The van der Waals surface area contributed by atoms with Crippen molar-refractivity contribution in [3.8, 4) is 0 Å². The highest BCUT2D eigenvalue weighted by Crippen LogP contribution is 2.33. The molecule has 190 valence electrons. The summed E-state index contributed by atoms with van der Waals surface area (Å²) >= 11 is 0. The van der Waals surface area contributed by atoms with E-state index in [0.717, 1.165) is 24.8 Å². The lowest BCUT2D eigenvalue weighted by atomic mass is 9.84. The summed E-state index contributed by atoms with van der Waals surface area (Å²) in [7, 11) is 1.69. The lowest BCUT2D eigenvalue weighted by molar-refractivity contribution is -0.140. The van der Waals surface area contributed by atoms with Crippen LogP contribution in [-0.4, -0.2) is 79.0 Å². The van der Waals surface area contributed by atoms with Gasteiger partial charge in [0.2, 0.25) is 5.91 Å². The first-order valence-corrected chi connectivity index (χ1v) is 12.9. The highest BCUT2D eigenvalue weighted by molar-refractivity contribution is 5.95. The normalized spacial score (nSPS) is 21.7. The molecule has 2 heterocycles. The first-order valence-electron chi connectivity index (χ1n) is 12.9. The predicted octanol–water partition coefficient (Wildman–Crippen LogP) is 3.27. The number of nitrogens with one attached hydrogen (secondary N) is 1. The Labute approximate surface area is 208 Å². The fraction of sp³-hybridized carbons (Fsp3) is 0.593. The number of esters is 1. The number of amides is 3. The first kappa shape index (κ1) is 25.2. The van der Waals surface area contributed by atoms with Gasteiger partial charge in [-0.2, -0.15) is 0 Å². The molecule has 4 rings (SSSR count). The lowest BCUT2D eigenvalue weighted by Crippen LogP contribution is -2.54. The van der Waals surface area contributed by atoms with Gasteiger partial charge in [0, 0.05) is 51.4 Å². The van der Waals surface area contributed by atoms with Crippen LogP contribution in [0.4, 0.5) is 4.79 Å². The smallest absolute Gasteiger partial charge is 0.338 e. The molecule has 2 aliphatic heterocycles. The number of rotatable bonds is 7. The third-order valence-corrected chi connectivity index (χ3v) is 7.52. The van der Waals surface area contributed by atoms with Crippen LogP contribution in [0.25, 0.3) is 0 Å². The SMILES string of the molecule is CCOC(=O)C1=C(CN2CCN(C(=O)C3CCC3)CC2)N(C)C(=O)N[C@@H]1c1ccc(C(C)C)cc1. The van der Waals surface area contributed by atoms with E-state index < -0.39 is 12.0 Å². The van der Waals surface area contributed by atoms with Crippen LogP contribution < -0.4 is 5.32 Å². The second kappa shape index (κ2) is 10.8. The molecule has 0 aromatic heterocycles. The Morgan fingerprint density at radius 3 is 2.29 bits per heavy atom. The molecule has 0 bridgehead atoms. The van der Waals surface area contributed by atoms with E-state index in [1.807, 2.05) is 29.2 Å². The van der Waals surface area contributed by atoms with Gasteiger partial charge >= 0.3 is 12.0 Å². The van der Waals surface area contributed by atoms with E-state index in [0.29, 0.717) is 49.9 Å². The zero-order valence-corrected chi connectivity index (χ0v) is 21.4. The third kappa shape index (κ3) is 5.37. The number of ether oxygens (including phenoxy) is 1. The third-order valence-electron chi connectivity index (χ3n) is 7.52. The zero-order valence-electron chi connectivity index (χ0n) is 21.4. The van der Waals surface area contributed by atoms with Crippen molar-refractivity contribution in [3.63, 3.8) is 0 Å². The number of carbonyl (C=O) groups excluding carboxylic acids is 3. The second-order valence-electron chi connectivity index (χ2n) is 10.1. The molecule has 8 heteroatoms. The van der Waals surface area contributed by atoms with Gasteiger partial charge in [0.25, 0.3) is 0 Å². The highest BCUT2D eigenvalue weighted by Gasteiger charge is 2.38. The minimum atomic E-state index is -0.574. The Bertz CT molecular complexity index is 975. The molecule has 1 saturated heterocycles. The van der Waals surface area contributed by atoms with Crippen molar-refractivity contribution in [1.82, 2.24) is 20.0 Å². The molecule has 2 fully saturated rings. The Kier molecular flexibility index (Phi) is 7.79. The highest BCUT2D eigenvalue weighted by atomic mass is 16.5. The molecule has 1 saturated carbocycles. The summed E-state index contributed by atoms with van der Waals surface area (Å²) in [5.41, 5.74) is 3.18. The fourth-order valence-corrected chi connectivity index (χ4v) is 4.97. The molecule has 0 radical (unpaired) electrons. The number of hydrogen-bond acceptors (Lipinski definition) is 5. The second-order valence-corrected chi connectivity index (χ2v) is 10.1. The lowest BCUT2D eigenvalue weighted by Gasteiger charge is -2.41. The van der Waals surface area contributed by atoms with E-state index in [9.17, 15) is 14.4 Å². The van der Waals surface area contributed by atoms with Crippen LogP contribution in [0.1, 0.15) is 63.1 Å². The van der Waals surface area contributed by atoms with Gasteiger partial charge in [-0.15, -0.1) is 0 Å². The summed E-state index contributed by atoms with van der Waals surface area (Å²) in [6.45, 7) is 9.53. The van der Waals surface area contributed by atoms with Crippen molar-refractivity contribution in [2.75, 3.05) is 46.4 Å². The largest absolute Gasteiger partial charge is 0.463 e. The maximum atomic E-state index is 13.2. The molecular weight excluding hydrogens is 444 g/mol. The van der Waals surface area contributed by atoms with Crippen LogP contribution in [0.2, 0.25) is 0 Å². The minimum Gasteiger partial charge on any atom is -0.463 e. The van der Waals surface area contributed by atoms with Crippen molar-refractivity contribution in [2.24, 2.45) is 5.92 Å². The van der Waals surface area contributed by atoms with Crippen molar-refractivity contribution in [3.05, 3.63) is 46.7 Å². The van der Waals surface area contributed by atoms with Gasteiger partial charge in [-0.25, -0.2) is 9.59 Å². The van der Waals surface area contributed by atoms with Crippen LogP contribution >= 0.6 is 0 Å². The number of urea groups is 1. The molecule has 3 amide bonds. The van der Waals surface area contributed by atoms with E-state index in [1.54, 1.807) is 14.0 Å². The van der Waals surface area contributed by atoms with E-state index in [4.69, 9.17) is 4.74 Å². The summed E-state index contributed by atoms with van der Waals surface area (Å²) in [5, 5.41) is 2.99. The average Bonchev–Trinajstić information content (AvgIpc) is 2.81. The molecule has 1 atom stereocenters. The first-order chi connectivity index (χ1) is 16.8. The van der Waals surface area contributed by atoms with Gasteiger partial charge in [-0.3, -0.25) is 14.6 Å². The van der Waals surface area contributed by atoms with E-state index in [1.165, 1.54) is 10.5 Å². The monoisotopic (exact) mass is 482 g/mol. The number of benzene rings is 1. The predicted molar refractivity (Wildman–Crippen MR) is 134 cm³/mol. The molecule has 0 spiro atoms. The summed E-state index contributed by atoms with van der Waals surface area (Å²) in [6, 6.07) is 7.23. The van der Waals surface area contributed by atoms with E-state index in [2.05, 4.69) is 24.1 Å². The Morgan fingerprint density at radius 2 is 1.74 bits per heavy atom. The number of nitrogens with zero attached hydrogens (tertiary/aromatic N) is 3. The molecule has 1 aromatic rings. The van der Waals surface area contributed by atoms with Gasteiger partial charge < -0.3 is 15.0 Å². The van der Waals surface area contributed by atoms with Gasteiger partial charge in [-0.1, -0.05) is 44.5 Å². The zero-order chi connectivity index (χ0) is 25.1. The maximum absolute atomic E-state index is 13.2. The molecule has 0 unspecified atom stereocenters. The van der Waals surface area contributed by atoms with Gasteiger partial charge in [-0.05, 0) is 36.8 Å². The maximum Gasteiger partial charge on any atom is 0.338 e. The molecule has 1 aromatic carbocycles. The molecule has 1 aliphatic carbocycles. The molecule has 1 N–H and O–H groups in total. The van der Waals surface area contributed by atoms with Crippen LogP contribution in [0, 0.1) is 5.92 Å². The number of carbonyl (C=O) groups is 3. The summed E-state index contributed by atoms with van der Waals surface area (Å²) in [4.78, 5) is 44.5. The number of hydrogen-bond donors (Lipinski definition) is 1. The summed E-state index contributed by atoms with van der Waals surface area (Å²) < 4.78 is 5.45. The summed E-state index contributed by atoms with van der Waals surface area (Å²) in [5.74, 6) is 0.463. The molecule has 3 aliphatic rings. The molecule has 8 nitrogen and oxygen atoms in total. The molecular formula is C27H38N4O4. The van der Waals surface area contributed by atoms with E-state index in [-0.39, 0.29) is 24.5 Å². The number of likely N-dealkylation sites (N-methyl/N-ethyl adjacent to an activating group) is 1. The topological polar surface area (TPSA) is 82.2 Å². The standard InChI is InChI=1S/C27H38N4O4/c1-5-35-26(33)23-22(17-30-13-15-31(16-14-30)25(32)21-7-6-8-21)29(4)27(34)28-24(23)20-11-9-19(10-12-20)18(2)3/h9-12,18,21,24H,5-8,13-17H2,1-4H3,(H,28,34)/t24-/m1/s1. The minimum absolute atomic E-state index is 0.204. The quantitative estimate of drug-likeness (QED) is 0.604. The van der Waals surface area contributed by atoms with Crippen LogP contribution in [0.5, 0.6) is 0 Å². The van der Waals surface area contributed by atoms with Crippen molar-refractivity contribution in [1.29, 1.82) is 0 Å².